The molecule has 1 rings (SSSR count). The summed E-state index contributed by atoms with van der Waals surface area (Å²) in [5.41, 5.74) is -1.11. The molecule has 1 aromatic carbocycles. The van der Waals surface area contributed by atoms with E-state index in [1.165, 1.54) is 6.92 Å². The summed E-state index contributed by atoms with van der Waals surface area (Å²) in [7, 11) is -3.30. The van der Waals surface area contributed by atoms with Crippen molar-refractivity contribution in [2.75, 3.05) is 7.05 Å². The van der Waals surface area contributed by atoms with Gasteiger partial charge in [-0.2, -0.15) is 17.5 Å². The lowest BCUT2D eigenvalue weighted by Gasteiger charge is -2.23. The Morgan fingerprint density at radius 1 is 1.38 bits per heavy atom. The summed E-state index contributed by atoms with van der Waals surface area (Å²) in [5.74, 6) is -1.37. The first-order valence-corrected chi connectivity index (χ1v) is 7.34. The highest BCUT2D eigenvalue weighted by Gasteiger charge is 2.35. The number of carboxylic acids is 1. The van der Waals surface area contributed by atoms with Gasteiger partial charge in [0.25, 0.3) is 0 Å². The van der Waals surface area contributed by atoms with E-state index < -0.39 is 38.7 Å². The highest BCUT2D eigenvalue weighted by atomic mass is 32.2. The monoisotopic (exact) mass is 325 g/mol. The predicted molar refractivity (Wildman–Crippen MR) is 68.1 cm³/mol. The van der Waals surface area contributed by atoms with Gasteiger partial charge in [0, 0.05) is 7.05 Å². The Kier molecular flexibility index (Phi) is 5.00. The molecule has 0 spiro atoms. The number of halogens is 3. The Morgan fingerprint density at radius 2 is 1.95 bits per heavy atom. The molecule has 1 N–H and O–H groups in total. The first-order chi connectivity index (χ1) is 9.51. The minimum absolute atomic E-state index is 0.00990. The van der Waals surface area contributed by atoms with Crippen LogP contribution in [-0.4, -0.2) is 36.9 Å². The van der Waals surface area contributed by atoms with E-state index in [0.717, 1.165) is 25.2 Å². The quantitative estimate of drug-likeness (QED) is 0.900. The zero-order valence-electron chi connectivity index (χ0n) is 11.3. The van der Waals surface area contributed by atoms with Gasteiger partial charge in [0.1, 0.15) is 6.04 Å². The van der Waals surface area contributed by atoms with Gasteiger partial charge in [-0.15, -0.1) is 0 Å². The van der Waals surface area contributed by atoms with Crippen molar-refractivity contribution in [2.45, 2.75) is 30.5 Å². The lowest BCUT2D eigenvalue weighted by atomic mass is 10.2. The topological polar surface area (TPSA) is 74.7 Å². The fourth-order valence-corrected chi connectivity index (χ4v) is 3.19. The molecule has 1 aromatic rings. The molecule has 21 heavy (non-hydrogen) atoms. The van der Waals surface area contributed by atoms with Gasteiger partial charge in [-0.05, 0) is 24.6 Å². The van der Waals surface area contributed by atoms with Gasteiger partial charge in [0.15, 0.2) is 0 Å². The lowest BCUT2D eigenvalue weighted by molar-refractivity contribution is -0.141. The molecule has 0 aliphatic rings. The van der Waals surface area contributed by atoms with Crippen LogP contribution in [0, 0.1) is 0 Å². The van der Waals surface area contributed by atoms with Crippen LogP contribution in [0.25, 0.3) is 0 Å². The van der Waals surface area contributed by atoms with Crippen LogP contribution in [0.3, 0.4) is 0 Å². The van der Waals surface area contributed by atoms with Gasteiger partial charge in [0.05, 0.1) is 10.5 Å². The van der Waals surface area contributed by atoms with E-state index in [0.29, 0.717) is 10.4 Å². The number of alkyl halides is 3. The van der Waals surface area contributed by atoms with Crippen LogP contribution in [0.4, 0.5) is 13.2 Å². The van der Waals surface area contributed by atoms with E-state index in [4.69, 9.17) is 5.11 Å². The first kappa shape index (κ1) is 17.4. The van der Waals surface area contributed by atoms with Crippen LogP contribution in [0.1, 0.15) is 18.9 Å². The highest BCUT2D eigenvalue weighted by Crippen LogP contribution is 2.31. The highest BCUT2D eigenvalue weighted by molar-refractivity contribution is 7.89. The summed E-state index contributed by atoms with van der Waals surface area (Å²) in [6, 6.07) is 1.85. The van der Waals surface area contributed by atoms with Gasteiger partial charge >= 0.3 is 12.1 Å². The first-order valence-electron chi connectivity index (χ1n) is 5.90. The Morgan fingerprint density at radius 3 is 2.38 bits per heavy atom. The molecule has 0 aromatic heterocycles. The van der Waals surface area contributed by atoms with Gasteiger partial charge < -0.3 is 5.11 Å². The molecule has 9 heteroatoms. The van der Waals surface area contributed by atoms with Crippen LogP contribution in [0.5, 0.6) is 0 Å². The molecule has 0 saturated carbocycles. The second kappa shape index (κ2) is 6.02. The van der Waals surface area contributed by atoms with E-state index in [9.17, 15) is 26.4 Å². The van der Waals surface area contributed by atoms with Crippen LogP contribution >= 0.6 is 0 Å². The molecular weight excluding hydrogens is 311 g/mol. The van der Waals surface area contributed by atoms with Crippen molar-refractivity contribution in [1.29, 1.82) is 0 Å². The maximum atomic E-state index is 12.6. The van der Waals surface area contributed by atoms with Crippen LogP contribution in [0.2, 0.25) is 0 Å². The number of rotatable bonds is 5. The lowest BCUT2D eigenvalue weighted by Crippen LogP contribution is -2.41. The van der Waals surface area contributed by atoms with Crippen molar-refractivity contribution in [1.82, 2.24) is 4.31 Å². The van der Waals surface area contributed by atoms with Gasteiger partial charge in [-0.1, -0.05) is 13.0 Å². The number of likely N-dealkylation sites (N-methyl/N-ethyl adjacent to an activating group) is 1. The van der Waals surface area contributed by atoms with Crippen molar-refractivity contribution in [3.05, 3.63) is 29.8 Å². The summed E-state index contributed by atoms with van der Waals surface area (Å²) in [6.45, 7) is 1.47. The van der Waals surface area contributed by atoms with Gasteiger partial charge in [-0.25, -0.2) is 8.42 Å². The Hall–Kier alpha value is -1.61. The summed E-state index contributed by atoms with van der Waals surface area (Å²) in [6.07, 6.45) is -4.69. The predicted octanol–water partition coefficient (Wildman–Crippen LogP) is 2.19. The molecule has 0 aliphatic carbocycles. The number of carboxylic acid groups (broad SMARTS) is 1. The molecule has 0 amide bonds. The number of hydrogen-bond acceptors (Lipinski definition) is 3. The second-order valence-electron chi connectivity index (χ2n) is 4.31. The molecule has 1 unspecified atom stereocenters. The number of sulfonamides is 1. The summed E-state index contributed by atoms with van der Waals surface area (Å²) in [5, 5.41) is 8.95. The number of hydrogen-bond donors (Lipinski definition) is 1. The third-order valence-corrected chi connectivity index (χ3v) is 4.81. The second-order valence-corrected chi connectivity index (χ2v) is 6.31. The molecule has 0 bridgehead atoms. The minimum Gasteiger partial charge on any atom is -0.480 e. The van der Waals surface area contributed by atoms with E-state index in [-0.39, 0.29) is 6.42 Å². The molecule has 0 fully saturated rings. The summed E-state index contributed by atoms with van der Waals surface area (Å²) in [4.78, 5) is 10.4. The number of aliphatic carboxylic acids is 1. The smallest absolute Gasteiger partial charge is 0.416 e. The zero-order chi connectivity index (χ0) is 16.4. The van der Waals surface area contributed by atoms with E-state index in [2.05, 4.69) is 0 Å². The van der Waals surface area contributed by atoms with Gasteiger partial charge in [0.2, 0.25) is 10.0 Å². The molecule has 5 nitrogen and oxygen atoms in total. The normalized spacial score (nSPS) is 14.2. The Bertz CT molecular complexity index is 628. The Labute approximate surface area is 120 Å². The molecule has 1 atom stereocenters. The van der Waals surface area contributed by atoms with E-state index >= 15 is 0 Å². The maximum absolute atomic E-state index is 12.6. The number of nitrogens with zero attached hydrogens (tertiary/aromatic N) is 1. The molecule has 0 saturated heterocycles. The summed E-state index contributed by atoms with van der Waals surface area (Å²) >= 11 is 0. The minimum atomic E-state index is -4.68. The largest absolute Gasteiger partial charge is 0.480 e. The fraction of sp³-hybridized carbons (Fsp3) is 0.417. The van der Waals surface area contributed by atoms with Crippen LogP contribution in [0.15, 0.2) is 29.2 Å². The third kappa shape index (κ3) is 3.73. The molecule has 0 heterocycles. The zero-order valence-corrected chi connectivity index (χ0v) is 12.1. The summed E-state index contributed by atoms with van der Waals surface area (Å²) < 4.78 is 62.8. The standard InChI is InChI=1S/C12H14F3NO4S/c1-3-10(11(17)18)16(2)21(19,20)9-6-4-5-8(7-9)12(13,14)15/h4-7,10H,3H2,1-2H3,(H,17,18). The maximum Gasteiger partial charge on any atom is 0.416 e. The van der Waals surface area contributed by atoms with Crippen LogP contribution in [-0.2, 0) is 21.0 Å². The average molecular weight is 325 g/mol. The van der Waals surface area contributed by atoms with Crippen molar-refractivity contribution in [2.24, 2.45) is 0 Å². The van der Waals surface area contributed by atoms with Crippen molar-refractivity contribution < 1.29 is 31.5 Å². The van der Waals surface area contributed by atoms with Crippen molar-refractivity contribution >= 4 is 16.0 Å². The fourth-order valence-electron chi connectivity index (χ4n) is 1.75. The molecule has 0 aliphatic heterocycles. The molecule has 118 valence electrons. The molecule has 0 radical (unpaired) electrons. The molecular formula is C12H14F3NO4S. The third-order valence-electron chi connectivity index (χ3n) is 2.95. The SMILES string of the molecule is CCC(C(=O)O)N(C)S(=O)(=O)c1cccc(C(F)(F)F)c1. The van der Waals surface area contributed by atoms with E-state index in [1.807, 2.05) is 0 Å². The van der Waals surface area contributed by atoms with Crippen LogP contribution < -0.4 is 0 Å². The van der Waals surface area contributed by atoms with Crippen molar-refractivity contribution in [3.63, 3.8) is 0 Å². The van der Waals surface area contributed by atoms with E-state index in [1.54, 1.807) is 0 Å². The van der Waals surface area contributed by atoms with Crippen molar-refractivity contribution in [3.8, 4) is 0 Å². The average Bonchev–Trinajstić information content (AvgIpc) is 2.38. The number of benzene rings is 1. The Balaban J connectivity index is 3.28. The van der Waals surface area contributed by atoms with Gasteiger partial charge in [-0.3, -0.25) is 4.79 Å². The number of carbonyl (C=O) groups is 1.